The highest BCUT2D eigenvalue weighted by Gasteiger charge is 2.11. The number of hydrogen-bond acceptors (Lipinski definition) is 3. The fourth-order valence-electron chi connectivity index (χ4n) is 1.64. The second-order valence-electron chi connectivity index (χ2n) is 4.66. The van der Waals surface area contributed by atoms with E-state index in [1.807, 2.05) is 31.2 Å². The van der Waals surface area contributed by atoms with Crippen LogP contribution in [0.1, 0.15) is 16.1 Å². The Bertz CT molecular complexity index is 607. The fraction of sp³-hybridized carbons (Fsp3) is 0.286. The van der Waals surface area contributed by atoms with Crippen LogP contribution in [-0.2, 0) is 6.42 Å². The summed E-state index contributed by atoms with van der Waals surface area (Å²) in [5, 5.41) is 4.13. The molecule has 0 saturated carbocycles. The van der Waals surface area contributed by atoms with E-state index in [9.17, 15) is 4.79 Å². The van der Waals surface area contributed by atoms with Gasteiger partial charge in [-0.1, -0.05) is 23.7 Å². The highest BCUT2D eigenvalue weighted by atomic mass is 35.5. The average molecular weight is 310 g/mol. The number of anilines is 1. The standard InChI is InChI=1S/C14H16ClN3OS/c1-9-12(8-10-4-6-11(15)7-5-10)20-13(16-9)17-14(19)18(2)3/h4-7H,8H2,1-3H3,(H,16,17,19). The van der Waals surface area contributed by atoms with Gasteiger partial charge in [-0.15, -0.1) is 11.3 Å². The largest absolute Gasteiger partial charge is 0.331 e. The van der Waals surface area contributed by atoms with Crippen LogP contribution >= 0.6 is 22.9 Å². The number of rotatable bonds is 3. The molecule has 1 heterocycles. The fourth-order valence-corrected chi connectivity index (χ4v) is 2.75. The third kappa shape index (κ3) is 3.71. The van der Waals surface area contributed by atoms with Crippen LogP contribution in [0, 0.1) is 6.92 Å². The number of nitrogens with one attached hydrogen (secondary N) is 1. The summed E-state index contributed by atoms with van der Waals surface area (Å²) in [5.74, 6) is 0. The molecule has 0 atom stereocenters. The molecule has 0 aliphatic carbocycles. The molecule has 0 unspecified atom stereocenters. The monoisotopic (exact) mass is 309 g/mol. The van der Waals surface area contributed by atoms with Crippen molar-refractivity contribution in [2.24, 2.45) is 0 Å². The van der Waals surface area contributed by atoms with E-state index in [0.29, 0.717) is 5.13 Å². The van der Waals surface area contributed by atoms with E-state index < -0.39 is 0 Å². The molecule has 6 heteroatoms. The molecule has 106 valence electrons. The number of urea groups is 1. The van der Waals surface area contributed by atoms with Gasteiger partial charge in [0.2, 0.25) is 0 Å². The summed E-state index contributed by atoms with van der Waals surface area (Å²) in [7, 11) is 3.40. The van der Waals surface area contributed by atoms with Crippen molar-refractivity contribution in [2.45, 2.75) is 13.3 Å². The van der Waals surface area contributed by atoms with Crippen molar-refractivity contribution in [3.8, 4) is 0 Å². The normalized spacial score (nSPS) is 10.4. The number of aromatic nitrogens is 1. The first kappa shape index (κ1) is 14.8. The summed E-state index contributed by atoms with van der Waals surface area (Å²) >= 11 is 7.38. The second kappa shape index (κ2) is 6.24. The predicted octanol–water partition coefficient (Wildman–Crippen LogP) is 3.79. The summed E-state index contributed by atoms with van der Waals surface area (Å²) < 4.78 is 0. The molecular weight excluding hydrogens is 294 g/mol. The average Bonchev–Trinajstić information content (AvgIpc) is 2.72. The Morgan fingerprint density at radius 3 is 2.60 bits per heavy atom. The number of nitrogens with zero attached hydrogens (tertiary/aromatic N) is 2. The predicted molar refractivity (Wildman–Crippen MR) is 83.8 cm³/mol. The van der Waals surface area contributed by atoms with Crippen molar-refractivity contribution in [1.82, 2.24) is 9.88 Å². The van der Waals surface area contributed by atoms with Gasteiger partial charge < -0.3 is 4.90 Å². The number of carbonyl (C=O) groups is 1. The van der Waals surface area contributed by atoms with Crippen LogP contribution in [0.15, 0.2) is 24.3 Å². The lowest BCUT2D eigenvalue weighted by atomic mass is 10.1. The molecule has 2 aromatic rings. The van der Waals surface area contributed by atoms with Crippen molar-refractivity contribution in [2.75, 3.05) is 19.4 Å². The topological polar surface area (TPSA) is 45.2 Å². The molecule has 0 bridgehead atoms. The number of carbonyl (C=O) groups excluding carboxylic acids is 1. The van der Waals surface area contributed by atoms with Crippen molar-refractivity contribution in [3.05, 3.63) is 45.4 Å². The summed E-state index contributed by atoms with van der Waals surface area (Å²) in [6.45, 7) is 1.95. The number of thiazole rings is 1. The van der Waals surface area contributed by atoms with Crippen LogP contribution in [0.25, 0.3) is 0 Å². The maximum Gasteiger partial charge on any atom is 0.323 e. The van der Waals surface area contributed by atoms with Crippen LogP contribution in [0.2, 0.25) is 5.02 Å². The van der Waals surface area contributed by atoms with Crippen molar-refractivity contribution in [3.63, 3.8) is 0 Å². The van der Waals surface area contributed by atoms with Gasteiger partial charge in [0.05, 0.1) is 5.69 Å². The molecule has 0 fully saturated rings. The first-order valence-electron chi connectivity index (χ1n) is 6.15. The Kier molecular flexibility index (Phi) is 4.62. The maximum atomic E-state index is 11.6. The van der Waals surface area contributed by atoms with Crippen LogP contribution in [0.5, 0.6) is 0 Å². The zero-order valence-corrected chi connectivity index (χ0v) is 13.2. The van der Waals surface area contributed by atoms with E-state index in [-0.39, 0.29) is 6.03 Å². The molecule has 0 spiro atoms. The molecule has 0 aliphatic rings. The zero-order valence-electron chi connectivity index (χ0n) is 11.6. The van der Waals surface area contributed by atoms with Gasteiger partial charge in [-0.05, 0) is 24.6 Å². The smallest absolute Gasteiger partial charge is 0.323 e. The SMILES string of the molecule is Cc1nc(NC(=O)N(C)C)sc1Cc1ccc(Cl)cc1. The van der Waals surface area contributed by atoms with Gasteiger partial charge in [0, 0.05) is 30.4 Å². The Balaban J connectivity index is 2.11. The minimum atomic E-state index is -0.170. The molecule has 2 rings (SSSR count). The first-order chi connectivity index (χ1) is 9.45. The molecule has 2 amide bonds. The maximum absolute atomic E-state index is 11.6. The van der Waals surface area contributed by atoms with Crippen LogP contribution < -0.4 is 5.32 Å². The molecule has 1 aromatic heterocycles. The third-order valence-electron chi connectivity index (χ3n) is 2.79. The van der Waals surface area contributed by atoms with E-state index in [2.05, 4.69) is 10.3 Å². The van der Waals surface area contributed by atoms with Gasteiger partial charge in [-0.25, -0.2) is 9.78 Å². The Morgan fingerprint density at radius 1 is 1.35 bits per heavy atom. The quantitative estimate of drug-likeness (QED) is 0.937. The molecular formula is C14H16ClN3OS. The number of halogens is 1. The lowest BCUT2D eigenvalue weighted by molar-refractivity contribution is 0.230. The number of hydrogen-bond donors (Lipinski definition) is 1. The number of benzene rings is 1. The highest BCUT2D eigenvalue weighted by molar-refractivity contribution is 7.15. The molecule has 0 saturated heterocycles. The van der Waals surface area contributed by atoms with Gasteiger partial charge in [-0.2, -0.15) is 0 Å². The van der Waals surface area contributed by atoms with Gasteiger partial charge in [0.1, 0.15) is 0 Å². The second-order valence-corrected chi connectivity index (χ2v) is 6.18. The Labute approximate surface area is 127 Å². The molecule has 20 heavy (non-hydrogen) atoms. The summed E-state index contributed by atoms with van der Waals surface area (Å²) in [6.07, 6.45) is 0.790. The summed E-state index contributed by atoms with van der Waals surface area (Å²) in [5.41, 5.74) is 2.12. The van der Waals surface area contributed by atoms with Crippen molar-refractivity contribution in [1.29, 1.82) is 0 Å². The molecule has 4 nitrogen and oxygen atoms in total. The van der Waals surface area contributed by atoms with Crippen molar-refractivity contribution < 1.29 is 4.79 Å². The molecule has 0 radical (unpaired) electrons. The van der Waals surface area contributed by atoms with Gasteiger partial charge in [0.15, 0.2) is 5.13 Å². The minimum Gasteiger partial charge on any atom is -0.331 e. The van der Waals surface area contributed by atoms with E-state index in [1.165, 1.54) is 21.8 Å². The summed E-state index contributed by atoms with van der Waals surface area (Å²) in [4.78, 5) is 18.6. The minimum absolute atomic E-state index is 0.170. The third-order valence-corrected chi connectivity index (χ3v) is 4.12. The zero-order chi connectivity index (χ0) is 14.7. The van der Waals surface area contributed by atoms with E-state index >= 15 is 0 Å². The Morgan fingerprint density at radius 2 is 2.00 bits per heavy atom. The van der Waals surface area contributed by atoms with Gasteiger partial charge >= 0.3 is 6.03 Å². The van der Waals surface area contributed by atoms with Gasteiger partial charge in [0.25, 0.3) is 0 Å². The first-order valence-corrected chi connectivity index (χ1v) is 7.34. The van der Waals surface area contributed by atoms with Crippen molar-refractivity contribution >= 4 is 34.1 Å². The highest BCUT2D eigenvalue weighted by Crippen LogP contribution is 2.25. The summed E-state index contributed by atoms with van der Waals surface area (Å²) in [6, 6.07) is 7.58. The molecule has 1 aromatic carbocycles. The van der Waals surface area contributed by atoms with E-state index in [0.717, 1.165) is 22.0 Å². The van der Waals surface area contributed by atoms with Crippen LogP contribution in [0.4, 0.5) is 9.93 Å². The Hall–Kier alpha value is -1.59. The molecule has 0 aliphatic heterocycles. The van der Waals surface area contributed by atoms with Gasteiger partial charge in [-0.3, -0.25) is 5.32 Å². The van der Waals surface area contributed by atoms with E-state index in [1.54, 1.807) is 14.1 Å². The lowest BCUT2D eigenvalue weighted by Crippen LogP contribution is -2.27. The number of amides is 2. The lowest BCUT2D eigenvalue weighted by Gasteiger charge is -2.09. The van der Waals surface area contributed by atoms with E-state index in [4.69, 9.17) is 11.6 Å². The van der Waals surface area contributed by atoms with Crippen LogP contribution in [-0.4, -0.2) is 30.0 Å². The van der Waals surface area contributed by atoms with Crippen LogP contribution in [0.3, 0.4) is 0 Å². The number of aryl methyl sites for hydroxylation is 1. The molecule has 1 N–H and O–H groups in total.